The number of nitrogens with one attached hydrogen (secondary N) is 1. The highest BCUT2D eigenvalue weighted by atomic mass is 16.2. The molecule has 0 radical (unpaired) electrons. The van der Waals surface area contributed by atoms with Crippen molar-refractivity contribution in [3.63, 3.8) is 0 Å². The van der Waals surface area contributed by atoms with E-state index >= 15 is 0 Å². The summed E-state index contributed by atoms with van der Waals surface area (Å²) in [5.41, 5.74) is 10.8. The van der Waals surface area contributed by atoms with E-state index in [1.165, 1.54) is 5.56 Å². The lowest BCUT2D eigenvalue weighted by molar-refractivity contribution is -0.116. The van der Waals surface area contributed by atoms with Crippen molar-refractivity contribution in [2.45, 2.75) is 52.5 Å². The van der Waals surface area contributed by atoms with Crippen LogP contribution < -0.4 is 11.1 Å². The maximum atomic E-state index is 11.8. The molecule has 3 heteroatoms. The molecule has 0 bridgehead atoms. The molecule has 0 saturated carbocycles. The topological polar surface area (TPSA) is 55.1 Å². The van der Waals surface area contributed by atoms with Gasteiger partial charge in [-0.3, -0.25) is 4.79 Å². The summed E-state index contributed by atoms with van der Waals surface area (Å²) in [4.78, 5) is 11.8. The lowest BCUT2D eigenvalue weighted by Gasteiger charge is -2.21. The summed E-state index contributed by atoms with van der Waals surface area (Å²) < 4.78 is 0. The Labute approximate surface area is 115 Å². The van der Waals surface area contributed by atoms with E-state index in [4.69, 9.17) is 5.73 Å². The monoisotopic (exact) mass is 260 g/mol. The maximum absolute atomic E-state index is 11.8. The Kier molecular flexibility index (Phi) is 3.95. The number of benzene rings is 1. The second kappa shape index (κ2) is 5.33. The molecule has 3 nitrogen and oxygen atoms in total. The van der Waals surface area contributed by atoms with Gasteiger partial charge < -0.3 is 11.1 Å². The van der Waals surface area contributed by atoms with Crippen molar-refractivity contribution in [2.24, 2.45) is 11.7 Å². The first-order valence-corrected chi connectivity index (χ1v) is 7.22. The molecule has 3 unspecified atom stereocenters. The molecule has 104 valence electrons. The van der Waals surface area contributed by atoms with Crippen molar-refractivity contribution in [3.05, 3.63) is 28.8 Å². The van der Waals surface area contributed by atoms with E-state index in [-0.39, 0.29) is 17.9 Å². The summed E-state index contributed by atoms with van der Waals surface area (Å²) in [6.45, 7) is 8.41. The fraction of sp³-hybridized carbons (Fsp3) is 0.562. The number of rotatable bonds is 4. The molecule has 0 aliphatic carbocycles. The molecule has 1 amide bonds. The van der Waals surface area contributed by atoms with Crippen LogP contribution in [0.1, 0.15) is 62.8 Å². The number of aryl methyl sites for hydroxylation is 1. The summed E-state index contributed by atoms with van der Waals surface area (Å²) in [6.07, 6.45) is 1.98. The van der Waals surface area contributed by atoms with Crippen LogP contribution in [0, 0.1) is 5.92 Å². The fourth-order valence-electron chi connectivity index (χ4n) is 2.67. The number of amides is 1. The minimum Gasteiger partial charge on any atom is -0.325 e. The van der Waals surface area contributed by atoms with E-state index in [9.17, 15) is 4.79 Å². The first-order chi connectivity index (χ1) is 8.99. The zero-order chi connectivity index (χ0) is 14.2. The predicted octanol–water partition coefficient (Wildman–Crippen LogP) is 3.35. The van der Waals surface area contributed by atoms with Crippen molar-refractivity contribution in [2.75, 3.05) is 5.32 Å². The van der Waals surface area contributed by atoms with E-state index in [0.29, 0.717) is 5.92 Å². The van der Waals surface area contributed by atoms with Crippen molar-refractivity contribution >= 4 is 11.6 Å². The minimum atomic E-state index is -0.0654. The molecular formula is C16H24N2O. The van der Waals surface area contributed by atoms with E-state index in [1.807, 2.05) is 6.92 Å². The first-order valence-electron chi connectivity index (χ1n) is 7.22. The van der Waals surface area contributed by atoms with Gasteiger partial charge in [0.1, 0.15) is 0 Å². The number of carbonyl (C=O) groups is 1. The largest absolute Gasteiger partial charge is 0.325 e. The maximum Gasteiger partial charge on any atom is 0.231 e. The second-order valence-corrected chi connectivity index (χ2v) is 5.62. The number of carbonyl (C=O) groups excluding carboxylic acids is 1. The van der Waals surface area contributed by atoms with Gasteiger partial charge in [-0.1, -0.05) is 39.3 Å². The van der Waals surface area contributed by atoms with Crippen LogP contribution in [0.15, 0.2) is 12.1 Å². The van der Waals surface area contributed by atoms with E-state index in [0.717, 1.165) is 29.7 Å². The third-order valence-corrected chi connectivity index (χ3v) is 4.40. The summed E-state index contributed by atoms with van der Waals surface area (Å²) in [6, 6.07) is 4.32. The van der Waals surface area contributed by atoms with Crippen LogP contribution in [0.2, 0.25) is 0 Å². The molecule has 19 heavy (non-hydrogen) atoms. The highest BCUT2D eigenvalue weighted by Crippen LogP contribution is 2.38. The minimum absolute atomic E-state index is 0.0449. The average molecular weight is 260 g/mol. The van der Waals surface area contributed by atoms with Crippen LogP contribution in [-0.4, -0.2) is 5.91 Å². The number of hydrogen-bond acceptors (Lipinski definition) is 2. The van der Waals surface area contributed by atoms with Crippen LogP contribution in [0.4, 0.5) is 5.69 Å². The van der Waals surface area contributed by atoms with Crippen LogP contribution in [-0.2, 0) is 11.2 Å². The highest BCUT2D eigenvalue weighted by molar-refractivity contribution is 6.03. The summed E-state index contributed by atoms with van der Waals surface area (Å²) >= 11 is 0. The van der Waals surface area contributed by atoms with Gasteiger partial charge in [0.15, 0.2) is 0 Å². The third-order valence-electron chi connectivity index (χ3n) is 4.40. The van der Waals surface area contributed by atoms with Gasteiger partial charge in [0, 0.05) is 11.7 Å². The van der Waals surface area contributed by atoms with E-state index in [1.54, 1.807) is 0 Å². The van der Waals surface area contributed by atoms with Gasteiger partial charge in [-0.15, -0.1) is 0 Å². The Morgan fingerprint density at radius 1 is 1.37 bits per heavy atom. The number of fused-ring (bicyclic) bond motifs is 1. The smallest absolute Gasteiger partial charge is 0.231 e. The predicted molar refractivity (Wildman–Crippen MR) is 79.2 cm³/mol. The molecule has 2 rings (SSSR count). The quantitative estimate of drug-likeness (QED) is 0.872. The lowest BCUT2D eigenvalue weighted by atomic mass is 9.88. The summed E-state index contributed by atoms with van der Waals surface area (Å²) in [5.74, 6) is 0.478. The molecule has 0 aromatic heterocycles. The fourth-order valence-corrected chi connectivity index (χ4v) is 2.67. The van der Waals surface area contributed by atoms with Crippen LogP contribution >= 0.6 is 0 Å². The van der Waals surface area contributed by atoms with Crippen molar-refractivity contribution in [3.8, 4) is 0 Å². The first kappa shape index (κ1) is 14.1. The molecule has 0 fully saturated rings. The standard InChI is InChI=1S/C16H24N2O/c1-5-9(3)14(17)12-7-11(6-2)15-13(8-12)10(4)16(19)18-15/h7-10,14H,5-6,17H2,1-4H3,(H,18,19). The molecule has 1 aliphatic rings. The molecule has 0 spiro atoms. The molecule has 1 aromatic rings. The molecule has 1 aliphatic heterocycles. The van der Waals surface area contributed by atoms with Gasteiger partial charge in [0.2, 0.25) is 5.91 Å². The number of anilines is 1. The van der Waals surface area contributed by atoms with Gasteiger partial charge >= 0.3 is 0 Å². The van der Waals surface area contributed by atoms with Crippen LogP contribution in [0.3, 0.4) is 0 Å². The van der Waals surface area contributed by atoms with Crippen LogP contribution in [0.5, 0.6) is 0 Å². The van der Waals surface area contributed by atoms with Gasteiger partial charge in [-0.05, 0) is 36.0 Å². The van der Waals surface area contributed by atoms with E-state index in [2.05, 4.69) is 38.2 Å². The average Bonchev–Trinajstić information content (AvgIpc) is 2.72. The highest BCUT2D eigenvalue weighted by Gasteiger charge is 2.29. The van der Waals surface area contributed by atoms with Crippen LogP contribution in [0.25, 0.3) is 0 Å². The van der Waals surface area contributed by atoms with Gasteiger partial charge in [0.25, 0.3) is 0 Å². The van der Waals surface area contributed by atoms with Crippen molar-refractivity contribution < 1.29 is 4.79 Å². The zero-order valence-corrected chi connectivity index (χ0v) is 12.3. The second-order valence-electron chi connectivity index (χ2n) is 5.62. The van der Waals surface area contributed by atoms with Gasteiger partial charge in [-0.2, -0.15) is 0 Å². The Balaban J connectivity index is 2.47. The molecular weight excluding hydrogens is 236 g/mol. The molecule has 1 aromatic carbocycles. The normalized spacial score (nSPS) is 20.9. The van der Waals surface area contributed by atoms with Crippen molar-refractivity contribution in [1.82, 2.24) is 0 Å². The summed E-state index contributed by atoms with van der Waals surface area (Å²) in [5, 5.41) is 3.00. The Hall–Kier alpha value is -1.35. The van der Waals surface area contributed by atoms with E-state index < -0.39 is 0 Å². The summed E-state index contributed by atoms with van der Waals surface area (Å²) in [7, 11) is 0. The van der Waals surface area contributed by atoms with Crippen molar-refractivity contribution in [1.29, 1.82) is 0 Å². The van der Waals surface area contributed by atoms with Gasteiger partial charge in [0.05, 0.1) is 5.92 Å². The Bertz CT molecular complexity index is 496. The molecule has 3 N–H and O–H groups in total. The number of nitrogens with two attached hydrogens (primary N) is 1. The SMILES string of the molecule is CCc1cc(C(N)C(C)CC)cc2c1NC(=O)C2C. The van der Waals surface area contributed by atoms with Gasteiger partial charge in [-0.25, -0.2) is 0 Å². The molecule has 0 saturated heterocycles. The molecule has 1 heterocycles. The number of hydrogen-bond donors (Lipinski definition) is 2. The lowest BCUT2D eigenvalue weighted by Crippen LogP contribution is -2.19. The third kappa shape index (κ3) is 2.39. The Morgan fingerprint density at radius 2 is 2.05 bits per heavy atom. The zero-order valence-electron chi connectivity index (χ0n) is 12.3. The molecule has 3 atom stereocenters. The Morgan fingerprint density at radius 3 is 2.63 bits per heavy atom.